The lowest BCUT2D eigenvalue weighted by Crippen LogP contribution is -2.30. The van der Waals surface area contributed by atoms with Gasteiger partial charge in [0.1, 0.15) is 29.5 Å². The lowest BCUT2D eigenvalue weighted by molar-refractivity contribution is 0.0896. The van der Waals surface area contributed by atoms with Crippen molar-refractivity contribution in [1.29, 1.82) is 5.26 Å². The molecule has 1 aliphatic heterocycles. The minimum atomic E-state index is -1.21. The average molecular weight is 529 g/mol. The van der Waals surface area contributed by atoms with Crippen LogP contribution >= 0.6 is 0 Å². The van der Waals surface area contributed by atoms with Crippen LogP contribution in [0, 0.1) is 11.3 Å². The highest BCUT2D eigenvalue weighted by Crippen LogP contribution is 2.31. The fourth-order valence-electron chi connectivity index (χ4n) is 5.04. The number of nitrogens with zero attached hydrogens (tertiary/aromatic N) is 5. The van der Waals surface area contributed by atoms with Crippen LogP contribution < -0.4 is 10.5 Å². The molecule has 2 N–H and O–H groups in total. The Morgan fingerprint density at radius 1 is 1.11 bits per heavy atom. The second-order valence-corrected chi connectivity index (χ2v) is 17.4. The van der Waals surface area contributed by atoms with Crippen LogP contribution in [-0.4, -0.2) is 59.9 Å². The second kappa shape index (κ2) is 14.1. The number of ether oxygens (including phenoxy) is 2. The number of nitrogens with two attached hydrogens (primary N) is 1. The van der Waals surface area contributed by atoms with E-state index < -0.39 is 8.07 Å². The van der Waals surface area contributed by atoms with Crippen molar-refractivity contribution in [3.8, 4) is 12.1 Å². The number of unbranched alkanes of at least 4 members (excludes halogenated alkanes) is 2. The van der Waals surface area contributed by atoms with Crippen LogP contribution in [0.1, 0.15) is 76.5 Å². The Kier molecular flexibility index (Phi) is 11.2. The van der Waals surface area contributed by atoms with E-state index >= 15 is 0 Å². The molecule has 1 fully saturated rings. The van der Waals surface area contributed by atoms with Gasteiger partial charge in [-0.15, -0.1) is 0 Å². The van der Waals surface area contributed by atoms with E-state index in [4.69, 9.17) is 20.2 Å². The summed E-state index contributed by atoms with van der Waals surface area (Å²) in [6, 6.07) is 3.79. The molecule has 0 saturated carbocycles. The fraction of sp³-hybridized carbons (Fsp3) is 0.750. The number of hydrogen-bond donors (Lipinski definition) is 1. The van der Waals surface area contributed by atoms with Crippen LogP contribution in [0.5, 0.6) is 6.01 Å². The maximum atomic E-state index is 10.2. The summed E-state index contributed by atoms with van der Waals surface area (Å²) < 4.78 is 13.9. The Morgan fingerprint density at radius 3 is 2.54 bits per heavy atom. The van der Waals surface area contributed by atoms with Crippen LogP contribution in [0.15, 0.2) is 0 Å². The van der Waals surface area contributed by atoms with Gasteiger partial charge >= 0.3 is 6.01 Å². The van der Waals surface area contributed by atoms with E-state index in [2.05, 4.69) is 42.5 Å². The first kappa shape index (κ1) is 29.4. The van der Waals surface area contributed by atoms with E-state index in [1.165, 1.54) is 45.3 Å². The molecule has 0 amide bonds. The molecule has 1 saturated heterocycles. The van der Waals surface area contributed by atoms with Crippen molar-refractivity contribution in [2.45, 2.75) is 110 Å². The van der Waals surface area contributed by atoms with Crippen molar-refractivity contribution in [2.24, 2.45) is 0 Å². The van der Waals surface area contributed by atoms with Gasteiger partial charge in [0.05, 0.1) is 6.10 Å². The monoisotopic (exact) mass is 528 g/mol. The SMILES string of the molecule is CCCC(C)Oc1nc(N)c2c(n1)c(CCCCCN1CCCCC1)c(C#N)n2COCC[Si](C)(C)C. The van der Waals surface area contributed by atoms with Gasteiger partial charge in [0.15, 0.2) is 5.82 Å². The molecular weight excluding hydrogens is 480 g/mol. The summed E-state index contributed by atoms with van der Waals surface area (Å²) in [5.74, 6) is 0.338. The Bertz CT molecular complexity index is 1040. The van der Waals surface area contributed by atoms with Gasteiger partial charge in [-0.05, 0) is 71.1 Å². The first-order valence-corrected chi connectivity index (χ1v) is 18.0. The van der Waals surface area contributed by atoms with E-state index in [9.17, 15) is 5.26 Å². The number of nitriles is 1. The quantitative estimate of drug-likeness (QED) is 0.225. The average Bonchev–Trinajstić information content (AvgIpc) is 3.14. The van der Waals surface area contributed by atoms with Crippen LogP contribution in [0.25, 0.3) is 11.0 Å². The zero-order valence-electron chi connectivity index (χ0n) is 23.8. The number of rotatable bonds is 15. The minimum Gasteiger partial charge on any atom is -0.460 e. The number of hydrogen-bond acceptors (Lipinski definition) is 7. The van der Waals surface area contributed by atoms with Crippen molar-refractivity contribution in [2.75, 3.05) is 32.0 Å². The number of aryl methyl sites for hydroxylation is 1. The Balaban J connectivity index is 1.80. The number of aromatic nitrogens is 3. The van der Waals surface area contributed by atoms with Gasteiger partial charge < -0.3 is 24.7 Å². The topological polar surface area (TPSA) is 102 Å². The molecule has 0 bridgehead atoms. The maximum absolute atomic E-state index is 10.2. The predicted octanol–water partition coefficient (Wildman–Crippen LogP) is 5.96. The highest BCUT2D eigenvalue weighted by atomic mass is 28.3. The molecule has 3 heterocycles. The van der Waals surface area contributed by atoms with E-state index in [0.29, 0.717) is 29.6 Å². The summed E-state index contributed by atoms with van der Waals surface area (Å²) in [7, 11) is -1.21. The first-order valence-electron chi connectivity index (χ1n) is 14.3. The van der Waals surface area contributed by atoms with Gasteiger partial charge in [-0.3, -0.25) is 0 Å². The molecule has 0 spiro atoms. The highest BCUT2D eigenvalue weighted by Gasteiger charge is 2.23. The Labute approximate surface area is 224 Å². The molecular formula is C28H48N6O2Si. The van der Waals surface area contributed by atoms with Crippen LogP contribution in [-0.2, 0) is 17.9 Å². The number of fused-ring (bicyclic) bond motifs is 1. The molecule has 1 aliphatic rings. The van der Waals surface area contributed by atoms with Gasteiger partial charge in [-0.1, -0.05) is 45.8 Å². The van der Waals surface area contributed by atoms with Gasteiger partial charge in [0.2, 0.25) is 0 Å². The summed E-state index contributed by atoms with van der Waals surface area (Å²) in [5.41, 5.74) is 9.39. The molecule has 0 radical (unpaired) electrons. The lowest BCUT2D eigenvalue weighted by Gasteiger charge is -2.26. The smallest absolute Gasteiger partial charge is 0.319 e. The van der Waals surface area contributed by atoms with Crippen molar-refractivity contribution < 1.29 is 9.47 Å². The predicted molar refractivity (Wildman–Crippen MR) is 154 cm³/mol. The van der Waals surface area contributed by atoms with E-state index in [1.807, 2.05) is 11.5 Å². The van der Waals surface area contributed by atoms with Gasteiger partial charge in [-0.2, -0.15) is 15.2 Å². The molecule has 1 unspecified atom stereocenters. The minimum absolute atomic E-state index is 0.00232. The first-order chi connectivity index (χ1) is 17.7. The molecule has 3 rings (SSSR count). The molecule has 2 aromatic heterocycles. The summed E-state index contributed by atoms with van der Waals surface area (Å²) in [6.45, 7) is 15.7. The Hall–Kier alpha value is -2.15. The fourth-order valence-corrected chi connectivity index (χ4v) is 5.79. The van der Waals surface area contributed by atoms with Gasteiger partial charge in [0.25, 0.3) is 0 Å². The molecule has 9 heteroatoms. The van der Waals surface area contributed by atoms with Crippen LogP contribution in [0.3, 0.4) is 0 Å². The van der Waals surface area contributed by atoms with Crippen LogP contribution in [0.4, 0.5) is 5.82 Å². The number of likely N-dealkylation sites (tertiary alicyclic amines) is 1. The summed E-state index contributed by atoms with van der Waals surface area (Å²) in [6.07, 6.45) is 10.0. The molecule has 1 atom stereocenters. The Morgan fingerprint density at radius 2 is 1.86 bits per heavy atom. The number of piperidine rings is 1. The third-order valence-corrected chi connectivity index (χ3v) is 8.88. The molecule has 8 nitrogen and oxygen atoms in total. The molecule has 206 valence electrons. The molecule has 37 heavy (non-hydrogen) atoms. The van der Waals surface area contributed by atoms with Crippen LogP contribution in [0.2, 0.25) is 25.7 Å². The van der Waals surface area contributed by atoms with E-state index in [-0.39, 0.29) is 12.8 Å². The van der Waals surface area contributed by atoms with Crippen molar-refractivity contribution in [1.82, 2.24) is 19.4 Å². The number of anilines is 1. The molecule has 0 aliphatic carbocycles. The largest absolute Gasteiger partial charge is 0.460 e. The third-order valence-electron chi connectivity index (χ3n) is 7.18. The zero-order valence-corrected chi connectivity index (χ0v) is 24.8. The lowest BCUT2D eigenvalue weighted by atomic mass is 10.1. The summed E-state index contributed by atoms with van der Waals surface area (Å²) >= 11 is 0. The van der Waals surface area contributed by atoms with Gasteiger partial charge in [-0.25, -0.2) is 0 Å². The van der Waals surface area contributed by atoms with Crippen molar-refractivity contribution in [3.63, 3.8) is 0 Å². The van der Waals surface area contributed by atoms with Crippen molar-refractivity contribution >= 4 is 24.9 Å². The highest BCUT2D eigenvalue weighted by molar-refractivity contribution is 6.76. The third kappa shape index (κ3) is 8.69. The standard InChI is InChI=1S/C28H48N6O2Si/c1-6-13-22(2)36-28-31-25-23(14-9-7-10-15-33-16-11-8-12-17-33)24(20-29)34(26(25)27(30)32-28)21-35-18-19-37(3,4)5/h22H,6-19,21H2,1-5H3,(H2,30,31,32). The molecule has 2 aromatic rings. The van der Waals surface area contributed by atoms with E-state index in [0.717, 1.165) is 49.2 Å². The summed E-state index contributed by atoms with van der Waals surface area (Å²) in [5, 5.41) is 10.2. The maximum Gasteiger partial charge on any atom is 0.319 e. The van der Waals surface area contributed by atoms with E-state index in [1.54, 1.807) is 0 Å². The number of nitrogen functional groups attached to an aromatic ring is 1. The van der Waals surface area contributed by atoms with Crippen molar-refractivity contribution in [3.05, 3.63) is 11.3 Å². The zero-order chi connectivity index (χ0) is 26.8. The normalized spacial score (nSPS) is 15.7. The second-order valence-electron chi connectivity index (χ2n) is 11.7. The molecule has 0 aromatic carbocycles. The summed E-state index contributed by atoms with van der Waals surface area (Å²) in [4.78, 5) is 11.8. The van der Waals surface area contributed by atoms with Gasteiger partial charge in [0, 0.05) is 20.2 Å².